The van der Waals surface area contributed by atoms with E-state index in [1.807, 2.05) is 47.0 Å². The Morgan fingerprint density at radius 2 is 1.93 bits per heavy atom. The van der Waals surface area contributed by atoms with E-state index in [1.54, 1.807) is 7.11 Å². The third-order valence-electron chi connectivity index (χ3n) is 5.29. The van der Waals surface area contributed by atoms with E-state index in [-0.39, 0.29) is 11.9 Å². The molecular weight excluding hydrogens is 390 g/mol. The highest BCUT2D eigenvalue weighted by molar-refractivity contribution is 6.30. The number of hydrogen-bond acceptors (Lipinski definition) is 5. The molecule has 1 fully saturated rings. The van der Waals surface area contributed by atoms with Crippen molar-refractivity contribution >= 4 is 29.1 Å². The third-order valence-corrected chi connectivity index (χ3v) is 5.51. The first-order valence-corrected chi connectivity index (χ1v) is 10.2. The second-order valence-corrected chi connectivity index (χ2v) is 7.69. The summed E-state index contributed by atoms with van der Waals surface area (Å²) in [7, 11) is 1.65. The zero-order valence-electron chi connectivity index (χ0n) is 16.3. The summed E-state index contributed by atoms with van der Waals surface area (Å²) in [6.45, 7) is 1.63. The number of aromatic nitrogens is 3. The number of nitrogens with zero attached hydrogens (tertiary/aromatic N) is 4. The van der Waals surface area contributed by atoms with Crippen LogP contribution in [0, 0.1) is 0 Å². The van der Waals surface area contributed by atoms with Gasteiger partial charge in [0.05, 0.1) is 12.1 Å². The van der Waals surface area contributed by atoms with Crippen molar-refractivity contribution in [2.45, 2.75) is 31.7 Å². The van der Waals surface area contributed by atoms with Crippen LogP contribution in [0.25, 0.3) is 5.65 Å². The summed E-state index contributed by atoms with van der Waals surface area (Å²) in [5.74, 6) is 1.72. The molecule has 0 bridgehead atoms. The number of carbonyl (C=O) groups is 1. The highest BCUT2D eigenvalue weighted by Crippen LogP contribution is 2.21. The highest BCUT2D eigenvalue weighted by atomic mass is 35.5. The molecule has 1 aromatic carbocycles. The Morgan fingerprint density at radius 3 is 2.66 bits per heavy atom. The van der Waals surface area contributed by atoms with Gasteiger partial charge in [-0.2, -0.15) is 0 Å². The van der Waals surface area contributed by atoms with Gasteiger partial charge in [-0.25, -0.2) is 0 Å². The molecule has 0 aliphatic carbocycles. The molecule has 4 rings (SSSR count). The smallest absolute Gasteiger partial charge is 0.231 e. The number of ether oxygens (including phenoxy) is 1. The lowest BCUT2D eigenvalue weighted by atomic mass is 10.0. The number of amides is 1. The zero-order valence-corrected chi connectivity index (χ0v) is 17.1. The summed E-state index contributed by atoms with van der Waals surface area (Å²) in [5.41, 5.74) is 1.91. The number of aryl methyl sites for hydroxylation is 1. The van der Waals surface area contributed by atoms with Crippen LogP contribution in [0.15, 0.2) is 42.6 Å². The Kier molecular flexibility index (Phi) is 5.85. The second kappa shape index (κ2) is 8.69. The summed E-state index contributed by atoms with van der Waals surface area (Å²) in [5, 5.41) is 12.3. The molecule has 1 saturated heterocycles. The standard InChI is InChI=1S/C21H24ClN5O2/c1-29-18-6-2-15(3-7-18)4-9-20(28)23-17-10-12-26(13-11-17)21-25-24-19-8-5-16(22)14-27(19)21/h2-3,5-8,14,17H,4,9-13H2,1H3,(H,23,28). The number of hydrogen-bond donors (Lipinski definition) is 1. The number of fused-ring (bicyclic) bond motifs is 1. The van der Waals surface area contributed by atoms with Crippen LogP contribution >= 0.6 is 11.6 Å². The maximum atomic E-state index is 12.3. The van der Waals surface area contributed by atoms with Crippen LogP contribution in [0.5, 0.6) is 5.75 Å². The first kappa shape index (κ1) is 19.5. The van der Waals surface area contributed by atoms with Crippen molar-refractivity contribution in [3.05, 3.63) is 53.2 Å². The van der Waals surface area contributed by atoms with E-state index in [0.29, 0.717) is 11.4 Å². The molecule has 2 aromatic heterocycles. The molecule has 0 atom stereocenters. The summed E-state index contributed by atoms with van der Waals surface area (Å²) in [4.78, 5) is 14.5. The SMILES string of the molecule is COc1ccc(CCC(=O)NC2CCN(c3nnc4ccc(Cl)cn34)CC2)cc1. The lowest BCUT2D eigenvalue weighted by molar-refractivity contribution is -0.121. The van der Waals surface area contributed by atoms with Gasteiger partial charge in [0.25, 0.3) is 0 Å². The van der Waals surface area contributed by atoms with Gasteiger partial charge in [-0.05, 0) is 49.1 Å². The minimum Gasteiger partial charge on any atom is -0.497 e. The zero-order chi connectivity index (χ0) is 20.2. The Hall–Kier alpha value is -2.80. The molecular formula is C21H24ClN5O2. The van der Waals surface area contributed by atoms with E-state index >= 15 is 0 Å². The number of rotatable bonds is 6. The van der Waals surface area contributed by atoms with Crippen molar-refractivity contribution in [3.63, 3.8) is 0 Å². The van der Waals surface area contributed by atoms with Gasteiger partial charge in [-0.3, -0.25) is 9.20 Å². The molecule has 3 heterocycles. The molecule has 8 heteroatoms. The maximum absolute atomic E-state index is 12.3. The Labute approximate surface area is 174 Å². The van der Waals surface area contributed by atoms with Crippen molar-refractivity contribution < 1.29 is 9.53 Å². The molecule has 1 aliphatic rings. The largest absolute Gasteiger partial charge is 0.497 e. The molecule has 0 saturated carbocycles. The predicted octanol–water partition coefficient (Wildman–Crippen LogP) is 3.11. The van der Waals surface area contributed by atoms with Crippen LogP contribution in [-0.4, -0.2) is 46.7 Å². The van der Waals surface area contributed by atoms with E-state index < -0.39 is 0 Å². The van der Waals surface area contributed by atoms with E-state index in [0.717, 1.165) is 55.3 Å². The van der Waals surface area contributed by atoms with Crippen LogP contribution in [0.1, 0.15) is 24.8 Å². The highest BCUT2D eigenvalue weighted by Gasteiger charge is 2.23. The first-order chi connectivity index (χ1) is 14.1. The summed E-state index contributed by atoms with van der Waals surface area (Å²) in [6.07, 6.45) is 4.80. The maximum Gasteiger partial charge on any atom is 0.231 e. The lowest BCUT2D eigenvalue weighted by Crippen LogP contribution is -2.45. The van der Waals surface area contributed by atoms with Crippen molar-refractivity contribution in [2.75, 3.05) is 25.1 Å². The molecule has 3 aromatic rings. The summed E-state index contributed by atoms with van der Waals surface area (Å²) >= 11 is 6.11. The predicted molar refractivity (Wildman–Crippen MR) is 113 cm³/mol. The molecule has 1 amide bonds. The number of benzene rings is 1. The van der Waals surface area contributed by atoms with Crippen LogP contribution in [0.3, 0.4) is 0 Å². The average Bonchev–Trinajstić information content (AvgIpc) is 3.16. The van der Waals surface area contributed by atoms with E-state index in [2.05, 4.69) is 20.4 Å². The van der Waals surface area contributed by atoms with Crippen molar-refractivity contribution in [2.24, 2.45) is 0 Å². The molecule has 1 N–H and O–H groups in total. The monoisotopic (exact) mass is 413 g/mol. The normalized spacial score (nSPS) is 14.9. The van der Waals surface area contributed by atoms with Crippen LogP contribution in [0.2, 0.25) is 5.02 Å². The first-order valence-electron chi connectivity index (χ1n) is 9.80. The van der Waals surface area contributed by atoms with Gasteiger partial charge in [0, 0.05) is 31.7 Å². The Bertz CT molecular complexity index is 980. The fourth-order valence-corrected chi connectivity index (χ4v) is 3.80. The van der Waals surface area contributed by atoms with Crippen molar-refractivity contribution in [1.82, 2.24) is 19.9 Å². The van der Waals surface area contributed by atoms with Gasteiger partial charge in [0.2, 0.25) is 11.9 Å². The third kappa shape index (κ3) is 4.62. The lowest BCUT2D eigenvalue weighted by Gasteiger charge is -2.32. The van der Waals surface area contributed by atoms with E-state index in [4.69, 9.17) is 16.3 Å². The Morgan fingerprint density at radius 1 is 1.17 bits per heavy atom. The number of anilines is 1. The van der Waals surface area contributed by atoms with Crippen molar-refractivity contribution in [1.29, 1.82) is 0 Å². The van der Waals surface area contributed by atoms with Gasteiger partial charge in [-0.15, -0.1) is 10.2 Å². The van der Waals surface area contributed by atoms with Gasteiger partial charge < -0.3 is 15.0 Å². The number of piperidine rings is 1. The number of carbonyl (C=O) groups excluding carboxylic acids is 1. The topological polar surface area (TPSA) is 71.8 Å². The van der Waals surface area contributed by atoms with Gasteiger partial charge in [-0.1, -0.05) is 23.7 Å². The molecule has 7 nitrogen and oxygen atoms in total. The second-order valence-electron chi connectivity index (χ2n) is 7.25. The quantitative estimate of drug-likeness (QED) is 0.672. The minimum atomic E-state index is 0.0963. The van der Waals surface area contributed by atoms with Crippen molar-refractivity contribution in [3.8, 4) is 5.75 Å². The van der Waals surface area contributed by atoms with Crippen LogP contribution in [-0.2, 0) is 11.2 Å². The summed E-state index contributed by atoms with van der Waals surface area (Å²) < 4.78 is 7.07. The van der Waals surface area contributed by atoms with Crippen LogP contribution in [0.4, 0.5) is 5.95 Å². The number of methoxy groups -OCH3 is 1. The fraction of sp³-hybridized carbons (Fsp3) is 0.381. The van der Waals surface area contributed by atoms with Gasteiger partial charge in [0.15, 0.2) is 5.65 Å². The molecule has 0 spiro atoms. The number of nitrogens with one attached hydrogen (secondary N) is 1. The number of halogens is 1. The van der Waals surface area contributed by atoms with Gasteiger partial charge >= 0.3 is 0 Å². The molecule has 0 radical (unpaired) electrons. The molecule has 1 aliphatic heterocycles. The molecule has 0 unspecified atom stereocenters. The Balaban J connectivity index is 1.27. The summed E-state index contributed by atoms with van der Waals surface area (Å²) in [6, 6.07) is 11.7. The molecule has 29 heavy (non-hydrogen) atoms. The average molecular weight is 414 g/mol. The van der Waals surface area contributed by atoms with Gasteiger partial charge in [0.1, 0.15) is 5.75 Å². The molecule has 152 valence electrons. The fourth-order valence-electron chi connectivity index (χ4n) is 3.64. The van der Waals surface area contributed by atoms with E-state index in [1.165, 1.54) is 0 Å². The van der Waals surface area contributed by atoms with E-state index in [9.17, 15) is 4.79 Å². The number of pyridine rings is 1. The minimum absolute atomic E-state index is 0.0963. The van der Waals surface area contributed by atoms with Crippen LogP contribution < -0.4 is 15.0 Å².